The van der Waals surface area contributed by atoms with Crippen LogP contribution in [0, 0.1) is 11.8 Å². The number of nitrogens with zero attached hydrogens (tertiary/aromatic N) is 4. The van der Waals surface area contributed by atoms with Gasteiger partial charge in [0.05, 0.1) is 24.5 Å². The van der Waals surface area contributed by atoms with E-state index < -0.39 is 6.03 Å². The molecule has 7 heteroatoms. The summed E-state index contributed by atoms with van der Waals surface area (Å²) in [4.78, 5) is 26.0. The number of aromatic nitrogens is 3. The molecular weight excluding hydrogens is 280 g/mol. The summed E-state index contributed by atoms with van der Waals surface area (Å²) in [7, 11) is 3.89. The summed E-state index contributed by atoms with van der Waals surface area (Å²) in [5.74, 6) is 5.96. The Kier molecular flexibility index (Phi) is 4.86. The molecule has 7 nitrogen and oxygen atoms in total. The molecule has 22 heavy (non-hydrogen) atoms. The molecule has 0 aliphatic carbocycles. The van der Waals surface area contributed by atoms with Crippen molar-refractivity contribution >= 4 is 17.2 Å². The molecule has 0 radical (unpaired) electrons. The highest BCUT2D eigenvalue weighted by molar-refractivity contribution is 5.73. The van der Waals surface area contributed by atoms with Crippen LogP contribution in [0.4, 0.5) is 4.79 Å². The van der Waals surface area contributed by atoms with Gasteiger partial charge in [-0.2, -0.15) is 0 Å². The number of hydrogen-bond donors (Lipinski definition) is 2. The van der Waals surface area contributed by atoms with Crippen LogP contribution >= 0.6 is 0 Å². The average Bonchev–Trinajstić information content (AvgIpc) is 2.45. The van der Waals surface area contributed by atoms with Gasteiger partial charge in [0, 0.05) is 0 Å². The lowest BCUT2D eigenvalue weighted by atomic mass is 10.2. The second-order valence-electron chi connectivity index (χ2n) is 5.10. The van der Waals surface area contributed by atoms with Crippen LogP contribution in [0.2, 0.25) is 0 Å². The summed E-state index contributed by atoms with van der Waals surface area (Å²) in [6.45, 7) is 2.44. The van der Waals surface area contributed by atoms with Crippen molar-refractivity contribution in [1.29, 1.82) is 0 Å². The number of nitrogens with one attached hydrogen (secondary N) is 1. The number of hydrogen-bond acceptors (Lipinski definition) is 5. The van der Waals surface area contributed by atoms with E-state index in [1.165, 1.54) is 0 Å². The second-order valence-corrected chi connectivity index (χ2v) is 5.10. The van der Waals surface area contributed by atoms with Gasteiger partial charge in [-0.15, -0.1) is 0 Å². The van der Waals surface area contributed by atoms with Crippen LogP contribution in [0.1, 0.15) is 24.4 Å². The van der Waals surface area contributed by atoms with Gasteiger partial charge in [-0.3, -0.25) is 4.90 Å². The van der Waals surface area contributed by atoms with Crippen LogP contribution in [0.25, 0.3) is 11.2 Å². The topological polar surface area (TPSA) is 97.0 Å². The van der Waals surface area contributed by atoms with Gasteiger partial charge in [0.25, 0.3) is 0 Å². The lowest BCUT2D eigenvalue weighted by Crippen LogP contribution is -2.32. The SMILES string of the molecule is CC(NC(N)=O)c1ccc2ncc(C#CCN(C)C)nc2n1. The Labute approximate surface area is 129 Å². The summed E-state index contributed by atoms with van der Waals surface area (Å²) in [5.41, 5.74) is 7.52. The summed E-state index contributed by atoms with van der Waals surface area (Å²) in [6.07, 6.45) is 1.62. The molecule has 2 aromatic rings. The van der Waals surface area contributed by atoms with Crippen molar-refractivity contribution in [3.05, 3.63) is 29.7 Å². The van der Waals surface area contributed by atoms with Gasteiger partial charge in [-0.25, -0.2) is 19.7 Å². The first-order valence-electron chi connectivity index (χ1n) is 6.79. The van der Waals surface area contributed by atoms with E-state index >= 15 is 0 Å². The molecule has 1 unspecified atom stereocenters. The third-order valence-corrected chi connectivity index (χ3v) is 2.84. The maximum Gasteiger partial charge on any atom is 0.312 e. The number of carbonyl (C=O) groups excluding carboxylic acids is 1. The normalized spacial score (nSPS) is 11.8. The van der Waals surface area contributed by atoms with Crippen LogP contribution < -0.4 is 11.1 Å². The number of fused-ring (bicyclic) bond motifs is 1. The largest absolute Gasteiger partial charge is 0.352 e. The Morgan fingerprint density at radius 1 is 1.41 bits per heavy atom. The highest BCUT2D eigenvalue weighted by Crippen LogP contribution is 2.13. The molecule has 0 bridgehead atoms. The molecule has 0 aromatic carbocycles. The molecule has 0 saturated heterocycles. The monoisotopic (exact) mass is 298 g/mol. The number of urea groups is 1. The summed E-state index contributed by atoms with van der Waals surface area (Å²) < 4.78 is 0. The zero-order chi connectivity index (χ0) is 16.1. The van der Waals surface area contributed by atoms with E-state index in [4.69, 9.17) is 5.73 Å². The lowest BCUT2D eigenvalue weighted by molar-refractivity contribution is 0.246. The molecule has 0 fully saturated rings. The van der Waals surface area contributed by atoms with Gasteiger partial charge in [-0.1, -0.05) is 5.92 Å². The maximum absolute atomic E-state index is 10.9. The minimum Gasteiger partial charge on any atom is -0.352 e. The van der Waals surface area contributed by atoms with E-state index in [2.05, 4.69) is 32.1 Å². The molecule has 2 rings (SSSR count). The molecular formula is C15H18N6O. The van der Waals surface area contributed by atoms with Gasteiger partial charge >= 0.3 is 6.03 Å². The number of rotatable bonds is 3. The third-order valence-electron chi connectivity index (χ3n) is 2.84. The zero-order valence-electron chi connectivity index (χ0n) is 12.8. The van der Waals surface area contributed by atoms with E-state index in [0.29, 0.717) is 29.1 Å². The number of primary amides is 1. The molecule has 0 aliphatic heterocycles. The van der Waals surface area contributed by atoms with Crippen LogP contribution in [-0.2, 0) is 0 Å². The lowest BCUT2D eigenvalue weighted by Gasteiger charge is -2.11. The quantitative estimate of drug-likeness (QED) is 0.812. The predicted molar refractivity (Wildman–Crippen MR) is 83.9 cm³/mol. The van der Waals surface area contributed by atoms with E-state index in [1.54, 1.807) is 25.3 Å². The number of nitrogens with two attached hydrogens (primary N) is 1. The third kappa shape index (κ3) is 4.14. The van der Waals surface area contributed by atoms with Gasteiger partial charge < -0.3 is 11.1 Å². The summed E-state index contributed by atoms with van der Waals surface area (Å²) >= 11 is 0. The van der Waals surface area contributed by atoms with Gasteiger partial charge in [0.15, 0.2) is 5.65 Å². The van der Waals surface area contributed by atoms with Crippen molar-refractivity contribution in [3.63, 3.8) is 0 Å². The molecule has 0 saturated carbocycles. The smallest absolute Gasteiger partial charge is 0.312 e. The molecule has 0 spiro atoms. The van der Waals surface area contributed by atoms with Crippen molar-refractivity contribution in [2.24, 2.45) is 5.73 Å². The maximum atomic E-state index is 10.9. The summed E-state index contributed by atoms with van der Waals surface area (Å²) in [6, 6.07) is 2.70. The Morgan fingerprint density at radius 3 is 2.86 bits per heavy atom. The average molecular weight is 298 g/mol. The van der Waals surface area contributed by atoms with E-state index in [1.807, 2.05) is 19.0 Å². The molecule has 0 aliphatic rings. The van der Waals surface area contributed by atoms with Gasteiger partial charge in [0.1, 0.15) is 11.2 Å². The van der Waals surface area contributed by atoms with Crippen molar-refractivity contribution < 1.29 is 4.79 Å². The van der Waals surface area contributed by atoms with Crippen molar-refractivity contribution in [3.8, 4) is 11.8 Å². The Morgan fingerprint density at radius 2 is 2.18 bits per heavy atom. The van der Waals surface area contributed by atoms with Gasteiger partial charge in [-0.05, 0) is 39.1 Å². The van der Waals surface area contributed by atoms with E-state index in [0.717, 1.165) is 0 Å². The first-order chi connectivity index (χ1) is 10.5. The fraction of sp³-hybridized carbons (Fsp3) is 0.333. The molecule has 2 aromatic heterocycles. The Balaban J connectivity index is 2.29. The highest BCUT2D eigenvalue weighted by Gasteiger charge is 2.10. The van der Waals surface area contributed by atoms with E-state index in [9.17, 15) is 4.79 Å². The highest BCUT2D eigenvalue weighted by atomic mass is 16.2. The van der Waals surface area contributed by atoms with Crippen molar-refractivity contribution in [1.82, 2.24) is 25.2 Å². The second kappa shape index (κ2) is 6.83. The van der Waals surface area contributed by atoms with Crippen LogP contribution in [0.15, 0.2) is 18.3 Å². The number of carbonyl (C=O) groups is 1. The molecule has 3 N–H and O–H groups in total. The van der Waals surface area contributed by atoms with Gasteiger partial charge in [0.2, 0.25) is 0 Å². The first-order valence-corrected chi connectivity index (χ1v) is 6.79. The molecule has 2 amide bonds. The number of pyridine rings is 1. The first kappa shape index (κ1) is 15.7. The standard InChI is InChI=1S/C15H18N6O/c1-10(18-15(16)22)12-6-7-13-14(20-12)19-11(9-17-13)5-4-8-21(2)3/h6-7,9-10H,8H2,1-3H3,(H3,16,18,22). The number of amides is 2. The van der Waals surface area contributed by atoms with E-state index in [-0.39, 0.29) is 6.04 Å². The van der Waals surface area contributed by atoms with Crippen molar-refractivity contribution in [2.75, 3.05) is 20.6 Å². The Bertz CT molecular complexity index is 747. The Hall–Kier alpha value is -2.72. The fourth-order valence-electron chi connectivity index (χ4n) is 1.79. The van der Waals surface area contributed by atoms with Crippen molar-refractivity contribution in [2.45, 2.75) is 13.0 Å². The zero-order valence-corrected chi connectivity index (χ0v) is 12.8. The molecule has 2 heterocycles. The van der Waals surface area contributed by atoms with Crippen LogP contribution in [-0.4, -0.2) is 46.5 Å². The minimum atomic E-state index is -0.594. The molecule has 1 atom stereocenters. The van der Waals surface area contributed by atoms with Crippen LogP contribution in [0.3, 0.4) is 0 Å². The summed E-state index contributed by atoms with van der Waals surface area (Å²) in [5, 5.41) is 2.58. The predicted octanol–water partition coefficient (Wildman–Crippen LogP) is 0.667. The fourth-order valence-corrected chi connectivity index (χ4v) is 1.79. The molecule has 114 valence electrons. The van der Waals surface area contributed by atoms with Crippen LogP contribution in [0.5, 0.6) is 0 Å². The minimum absolute atomic E-state index is 0.299.